The van der Waals surface area contributed by atoms with Crippen LogP contribution in [0.4, 0.5) is 11.6 Å². The van der Waals surface area contributed by atoms with Gasteiger partial charge < -0.3 is 16.0 Å². The van der Waals surface area contributed by atoms with Gasteiger partial charge in [0.05, 0.1) is 0 Å². The molecule has 1 fully saturated rings. The van der Waals surface area contributed by atoms with Crippen LogP contribution < -0.4 is 16.0 Å². The monoisotopic (exact) mass is 235 g/mol. The van der Waals surface area contributed by atoms with E-state index in [1.807, 2.05) is 20.0 Å². The Bertz CT molecular complexity index is 375. The van der Waals surface area contributed by atoms with Crippen LogP contribution in [0.1, 0.15) is 25.1 Å². The van der Waals surface area contributed by atoms with Crippen molar-refractivity contribution >= 4 is 11.6 Å². The zero-order chi connectivity index (χ0) is 12.3. The topological polar surface area (TPSA) is 67.1 Å². The summed E-state index contributed by atoms with van der Waals surface area (Å²) >= 11 is 0. The van der Waals surface area contributed by atoms with Gasteiger partial charge in [0.1, 0.15) is 17.5 Å². The fourth-order valence-electron chi connectivity index (χ4n) is 1.89. The molecule has 0 amide bonds. The standard InChI is InChI=1S/C12H21N5/c1-9-14-11(16-10-4-3-5-10)8-12(15-9)17(2)7-6-13/h8,10H,3-7,13H2,1-2H3,(H,14,15,16). The van der Waals surface area contributed by atoms with Crippen molar-refractivity contribution in [2.24, 2.45) is 5.73 Å². The van der Waals surface area contributed by atoms with Crippen LogP contribution in [0.25, 0.3) is 0 Å². The molecular weight excluding hydrogens is 214 g/mol. The molecule has 1 saturated carbocycles. The molecule has 0 spiro atoms. The Morgan fingerprint density at radius 1 is 1.47 bits per heavy atom. The highest BCUT2D eigenvalue weighted by atomic mass is 15.2. The number of anilines is 2. The van der Waals surface area contributed by atoms with Crippen LogP contribution in [-0.4, -0.2) is 36.1 Å². The third-order valence-corrected chi connectivity index (χ3v) is 3.14. The van der Waals surface area contributed by atoms with Crippen LogP contribution in [0, 0.1) is 6.92 Å². The Morgan fingerprint density at radius 2 is 2.24 bits per heavy atom. The van der Waals surface area contributed by atoms with Crippen molar-refractivity contribution < 1.29 is 0 Å². The number of likely N-dealkylation sites (N-methyl/N-ethyl adjacent to an activating group) is 1. The van der Waals surface area contributed by atoms with E-state index in [2.05, 4.69) is 20.2 Å². The van der Waals surface area contributed by atoms with E-state index < -0.39 is 0 Å². The highest BCUT2D eigenvalue weighted by molar-refractivity contribution is 5.49. The van der Waals surface area contributed by atoms with Gasteiger partial charge in [0.2, 0.25) is 0 Å². The molecule has 1 aliphatic rings. The van der Waals surface area contributed by atoms with E-state index in [1.54, 1.807) is 0 Å². The Hall–Kier alpha value is -1.36. The highest BCUT2D eigenvalue weighted by Crippen LogP contribution is 2.23. The number of nitrogens with zero attached hydrogens (tertiary/aromatic N) is 3. The van der Waals surface area contributed by atoms with Crippen LogP contribution in [0.15, 0.2) is 6.07 Å². The highest BCUT2D eigenvalue weighted by Gasteiger charge is 2.18. The lowest BCUT2D eigenvalue weighted by atomic mass is 9.93. The second-order valence-electron chi connectivity index (χ2n) is 4.64. The lowest BCUT2D eigenvalue weighted by Crippen LogP contribution is -2.29. The molecular formula is C12H21N5. The minimum atomic E-state index is 0.594. The summed E-state index contributed by atoms with van der Waals surface area (Å²) in [6.45, 7) is 3.36. The van der Waals surface area contributed by atoms with Crippen molar-refractivity contribution in [3.63, 3.8) is 0 Å². The summed E-state index contributed by atoms with van der Waals surface area (Å²) in [6.07, 6.45) is 3.82. The molecule has 1 aliphatic carbocycles. The molecule has 1 aromatic heterocycles. The zero-order valence-electron chi connectivity index (χ0n) is 10.6. The molecule has 0 bridgehead atoms. The molecule has 0 aromatic carbocycles. The first-order valence-electron chi connectivity index (χ1n) is 6.22. The van der Waals surface area contributed by atoms with Crippen molar-refractivity contribution in [3.8, 4) is 0 Å². The number of hydrogen-bond acceptors (Lipinski definition) is 5. The summed E-state index contributed by atoms with van der Waals surface area (Å²) in [5.41, 5.74) is 5.55. The lowest BCUT2D eigenvalue weighted by molar-refractivity contribution is 0.444. The molecule has 2 rings (SSSR count). The van der Waals surface area contributed by atoms with Gasteiger partial charge in [-0.15, -0.1) is 0 Å². The van der Waals surface area contributed by atoms with Gasteiger partial charge in [-0.2, -0.15) is 0 Å². The number of rotatable bonds is 5. The molecule has 94 valence electrons. The second kappa shape index (κ2) is 5.31. The fraction of sp³-hybridized carbons (Fsp3) is 0.667. The number of aryl methyl sites for hydroxylation is 1. The molecule has 0 atom stereocenters. The minimum Gasteiger partial charge on any atom is -0.367 e. The number of hydrogen-bond donors (Lipinski definition) is 2. The summed E-state index contributed by atoms with van der Waals surface area (Å²) in [7, 11) is 2.00. The third-order valence-electron chi connectivity index (χ3n) is 3.14. The fourth-order valence-corrected chi connectivity index (χ4v) is 1.89. The van der Waals surface area contributed by atoms with Crippen LogP contribution >= 0.6 is 0 Å². The van der Waals surface area contributed by atoms with E-state index in [0.717, 1.165) is 24.0 Å². The average Bonchev–Trinajstić information content (AvgIpc) is 2.23. The molecule has 0 radical (unpaired) electrons. The second-order valence-corrected chi connectivity index (χ2v) is 4.64. The van der Waals surface area contributed by atoms with E-state index in [4.69, 9.17) is 5.73 Å². The van der Waals surface area contributed by atoms with Gasteiger partial charge in [-0.05, 0) is 26.2 Å². The molecule has 5 nitrogen and oxygen atoms in total. The van der Waals surface area contributed by atoms with Crippen molar-refractivity contribution in [1.29, 1.82) is 0 Å². The molecule has 1 heterocycles. The SMILES string of the molecule is Cc1nc(NC2CCC2)cc(N(C)CCN)n1. The quantitative estimate of drug-likeness (QED) is 0.801. The summed E-state index contributed by atoms with van der Waals surface area (Å²) in [4.78, 5) is 10.9. The first-order valence-corrected chi connectivity index (χ1v) is 6.22. The summed E-state index contributed by atoms with van der Waals surface area (Å²) < 4.78 is 0. The Morgan fingerprint density at radius 3 is 2.82 bits per heavy atom. The van der Waals surface area contributed by atoms with Crippen LogP contribution in [0.2, 0.25) is 0 Å². The molecule has 3 N–H and O–H groups in total. The minimum absolute atomic E-state index is 0.594. The summed E-state index contributed by atoms with van der Waals surface area (Å²) in [5, 5.41) is 3.45. The van der Waals surface area contributed by atoms with Gasteiger partial charge in [-0.1, -0.05) is 0 Å². The maximum Gasteiger partial charge on any atom is 0.134 e. The van der Waals surface area contributed by atoms with Crippen molar-refractivity contribution in [3.05, 3.63) is 11.9 Å². The first-order chi connectivity index (χ1) is 8.19. The molecule has 17 heavy (non-hydrogen) atoms. The van der Waals surface area contributed by atoms with Crippen molar-refractivity contribution in [2.45, 2.75) is 32.2 Å². The van der Waals surface area contributed by atoms with Crippen LogP contribution in [0.3, 0.4) is 0 Å². The third kappa shape index (κ3) is 3.06. The molecule has 0 saturated heterocycles. The first kappa shape index (κ1) is 12.1. The van der Waals surface area contributed by atoms with Crippen LogP contribution in [-0.2, 0) is 0 Å². The van der Waals surface area contributed by atoms with E-state index in [1.165, 1.54) is 19.3 Å². The van der Waals surface area contributed by atoms with Gasteiger partial charge >= 0.3 is 0 Å². The zero-order valence-corrected chi connectivity index (χ0v) is 10.6. The van der Waals surface area contributed by atoms with Crippen molar-refractivity contribution in [1.82, 2.24) is 9.97 Å². The summed E-state index contributed by atoms with van der Waals surface area (Å²) in [6, 6.07) is 2.60. The maximum atomic E-state index is 5.55. The average molecular weight is 235 g/mol. The molecule has 5 heteroatoms. The van der Waals surface area contributed by atoms with Gasteiger partial charge in [0, 0.05) is 32.2 Å². The van der Waals surface area contributed by atoms with Crippen molar-refractivity contribution in [2.75, 3.05) is 30.4 Å². The normalized spacial score (nSPS) is 15.5. The van der Waals surface area contributed by atoms with Gasteiger partial charge in [-0.25, -0.2) is 9.97 Å². The van der Waals surface area contributed by atoms with E-state index in [0.29, 0.717) is 12.6 Å². The smallest absolute Gasteiger partial charge is 0.134 e. The van der Waals surface area contributed by atoms with Gasteiger partial charge in [-0.3, -0.25) is 0 Å². The van der Waals surface area contributed by atoms with E-state index in [9.17, 15) is 0 Å². The predicted octanol–water partition coefficient (Wildman–Crippen LogP) is 1.14. The number of nitrogens with two attached hydrogens (primary N) is 1. The molecule has 0 aliphatic heterocycles. The Balaban J connectivity index is 2.10. The maximum absolute atomic E-state index is 5.55. The molecule has 1 aromatic rings. The Labute approximate surface area is 102 Å². The predicted molar refractivity (Wildman–Crippen MR) is 70.4 cm³/mol. The van der Waals surface area contributed by atoms with Gasteiger partial charge in [0.25, 0.3) is 0 Å². The van der Waals surface area contributed by atoms with Crippen LogP contribution in [0.5, 0.6) is 0 Å². The number of nitrogens with one attached hydrogen (secondary N) is 1. The molecule has 0 unspecified atom stereocenters. The Kier molecular flexibility index (Phi) is 3.78. The lowest BCUT2D eigenvalue weighted by Gasteiger charge is -2.27. The summed E-state index contributed by atoms with van der Waals surface area (Å²) in [5.74, 6) is 2.67. The van der Waals surface area contributed by atoms with E-state index >= 15 is 0 Å². The van der Waals surface area contributed by atoms with E-state index in [-0.39, 0.29) is 0 Å². The van der Waals surface area contributed by atoms with Gasteiger partial charge in [0.15, 0.2) is 0 Å². The number of aromatic nitrogens is 2. The largest absolute Gasteiger partial charge is 0.367 e.